The average molecular weight is 428 g/mol. The van der Waals surface area contributed by atoms with Crippen LogP contribution in [0.25, 0.3) is 22.8 Å². The van der Waals surface area contributed by atoms with E-state index in [0.29, 0.717) is 18.7 Å². The van der Waals surface area contributed by atoms with E-state index in [1.54, 1.807) is 6.26 Å². The maximum Gasteiger partial charge on any atom is 0.471 e. The van der Waals surface area contributed by atoms with Crippen LogP contribution in [0.4, 0.5) is 13.2 Å². The van der Waals surface area contributed by atoms with Gasteiger partial charge in [0.25, 0.3) is 0 Å². The zero-order valence-electron chi connectivity index (χ0n) is 16.0. The number of benzene rings is 1. The Kier molecular flexibility index (Phi) is 5.61. The van der Waals surface area contributed by atoms with Gasteiger partial charge in [-0.15, -0.1) is 0 Å². The molecular weight excluding hydrogens is 413 g/mol. The minimum absolute atomic E-state index is 0.161. The molecule has 0 radical (unpaired) electrons. The van der Waals surface area contributed by atoms with Crippen LogP contribution in [0, 0.1) is 0 Å². The standard InChI is InChI=1S/C21H15F3N4O3/c22-21(23,24)20-27-18(28-31-20)15-9-14(10-25-11-15)17(29)8-4-7-16-12-30-19(26-16)13-5-2-1-3-6-13/h1-3,5-6,9-12H,4,7-8H2. The zero-order valence-corrected chi connectivity index (χ0v) is 16.0. The van der Waals surface area contributed by atoms with Crippen LogP contribution in [0.1, 0.15) is 34.8 Å². The van der Waals surface area contributed by atoms with Gasteiger partial charge in [-0.05, 0) is 31.0 Å². The third-order valence-corrected chi connectivity index (χ3v) is 4.40. The Balaban J connectivity index is 1.37. The highest BCUT2D eigenvalue weighted by molar-refractivity contribution is 5.96. The number of hydrogen-bond donors (Lipinski definition) is 0. The minimum atomic E-state index is -4.74. The summed E-state index contributed by atoms with van der Waals surface area (Å²) in [4.78, 5) is 24.1. The van der Waals surface area contributed by atoms with Crippen molar-refractivity contribution in [1.82, 2.24) is 20.1 Å². The zero-order chi connectivity index (χ0) is 21.8. The number of Topliss-reactive ketones (excluding diaryl/α,β-unsaturated/α-hetero) is 1. The van der Waals surface area contributed by atoms with Crippen molar-refractivity contribution in [3.8, 4) is 22.8 Å². The fourth-order valence-electron chi connectivity index (χ4n) is 2.88. The average Bonchev–Trinajstić information content (AvgIpc) is 3.44. The van der Waals surface area contributed by atoms with Crippen molar-refractivity contribution in [2.75, 3.05) is 0 Å². The molecule has 0 saturated carbocycles. The van der Waals surface area contributed by atoms with Crippen molar-refractivity contribution in [3.05, 3.63) is 72.2 Å². The van der Waals surface area contributed by atoms with Gasteiger partial charge in [-0.3, -0.25) is 9.78 Å². The number of carbonyl (C=O) groups is 1. The molecule has 7 nitrogen and oxygen atoms in total. The first kappa shape index (κ1) is 20.5. The summed E-state index contributed by atoms with van der Waals surface area (Å²) in [6.45, 7) is 0. The van der Waals surface area contributed by atoms with E-state index in [4.69, 9.17) is 4.42 Å². The van der Waals surface area contributed by atoms with E-state index in [-0.39, 0.29) is 29.2 Å². The van der Waals surface area contributed by atoms with Crippen LogP contribution in [0.15, 0.2) is 64.0 Å². The number of aromatic nitrogens is 4. The summed E-state index contributed by atoms with van der Waals surface area (Å²) in [5, 5.41) is 3.31. The number of pyridine rings is 1. The number of carbonyl (C=O) groups excluding carboxylic acids is 1. The van der Waals surface area contributed by atoms with E-state index in [1.165, 1.54) is 18.5 Å². The quantitative estimate of drug-likeness (QED) is 0.382. The molecule has 1 aromatic carbocycles. The van der Waals surface area contributed by atoms with E-state index >= 15 is 0 Å². The van der Waals surface area contributed by atoms with Crippen LogP contribution in [0.5, 0.6) is 0 Å². The first-order chi connectivity index (χ1) is 14.9. The molecule has 31 heavy (non-hydrogen) atoms. The molecule has 4 rings (SSSR count). The second-order valence-corrected chi connectivity index (χ2v) is 6.67. The first-order valence-electron chi connectivity index (χ1n) is 9.29. The van der Waals surface area contributed by atoms with Gasteiger partial charge in [-0.25, -0.2) is 4.98 Å². The molecule has 0 N–H and O–H groups in total. The Morgan fingerprint density at radius 1 is 1.03 bits per heavy atom. The maximum absolute atomic E-state index is 12.6. The summed E-state index contributed by atoms with van der Waals surface area (Å²) in [7, 11) is 0. The molecule has 0 amide bonds. The fraction of sp³-hybridized carbons (Fsp3) is 0.190. The Hall–Kier alpha value is -3.82. The number of oxazole rings is 1. The predicted octanol–water partition coefficient (Wildman–Crippen LogP) is 5.01. The number of aryl methyl sites for hydroxylation is 1. The number of alkyl halides is 3. The molecule has 0 atom stereocenters. The largest absolute Gasteiger partial charge is 0.471 e. The van der Waals surface area contributed by atoms with Crippen LogP contribution in [0.2, 0.25) is 0 Å². The predicted molar refractivity (Wildman–Crippen MR) is 102 cm³/mol. The molecule has 0 bridgehead atoms. The highest BCUT2D eigenvalue weighted by Crippen LogP contribution is 2.29. The first-order valence-corrected chi connectivity index (χ1v) is 9.29. The van der Waals surface area contributed by atoms with Crippen molar-refractivity contribution in [1.29, 1.82) is 0 Å². The van der Waals surface area contributed by atoms with Gasteiger partial charge < -0.3 is 8.94 Å². The van der Waals surface area contributed by atoms with Gasteiger partial charge in [-0.1, -0.05) is 23.4 Å². The van der Waals surface area contributed by atoms with Crippen molar-refractivity contribution in [3.63, 3.8) is 0 Å². The second kappa shape index (κ2) is 8.50. The van der Waals surface area contributed by atoms with Gasteiger partial charge >= 0.3 is 12.1 Å². The van der Waals surface area contributed by atoms with Gasteiger partial charge in [-0.2, -0.15) is 18.2 Å². The highest BCUT2D eigenvalue weighted by Gasteiger charge is 2.38. The van der Waals surface area contributed by atoms with E-state index in [2.05, 4.69) is 24.6 Å². The topological polar surface area (TPSA) is 94.9 Å². The normalized spacial score (nSPS) is 11.6. The summed E-state index contributed by atoms with van der Waals surface area (Å²) in [6.07, 6.45) is 0.692. The summed E-state index contributed by atoms with van der Waals surface area (Å²) in [5.74, 6) is -1.44. The number of rotatable bonds is 7. The van der Waals surface area contributed by atoms with Gasteiger partial charge in [0.05, 0.1) is 5.69 Å². The lowest BCUT2D eigenvalue weighted by molar-refractivity contribution is -0.159. The molecule has 0 saturated heterocycles. The lowest BCUT2D eigenvalue weighted by Crippen LogP contribution is -2.05. The molecule has 10 heteroatoms. The van der Waals surface area contributed by atoms with Crippen molar-refractivity contribution >= 4 is 5.78 Å². The van der Waals surface area contributed by atoms with Crippen LogP contribution in [-0.2, 0) is 12.6 Å². The Labute approximate surface area is 174 Å². The van der Waals surface area contributed by atoms with Crippen LogP contribution in [0.3, 0.4) is 0 Å². The molecule has 0 aliphatic heterocycles. The summed E-state index contributed by atoms with van der Waals surface area (Å²) in [5.41, 5.74) is 2.00. The Morgan fingerprint density at radius 3 is 2.58 bits per heavy atom. The molecule has 0 unspecified atom stereocenters. The van der Waals surface area contributed by atoms with E-state index in [0.717, 1.165) is 11.3 Å². The van der Waals surface area contributed by atoms with E-state index in [1.807, 2.05) is 30.3 Å². The van der Waals surface area contributed by atoms with Crippen molar-refractivity contribution < 1.29 is 26.9 Å². The summed E-state index contributed by atoms with van der Waals surface area (Å²) >= 11 is 0. The number of halogens is 3. The SMILES string of the molecule is O=C(CCCc1coc(-c2ccccc2)n1)c1cncc(-c2noc(C(F)(F)F)n2)c1. The lowest BCUT2D eigenvalue weighted by atomic mass is 10.0. The van der Waals surface area contributed by atoms with Crippen molar-refractivity contribution in [2.24, 2.45) is 0 Å². The summed E-state index contributed by atoms with van der Waals surface area (Å²) in [6, 6.07) is 10.8. The maximum atomic E-state index is 12.6. The van der Waals surface area contributed by atoms with E-state index < -0.39 is 12.1 Å². The third kappa shape index (κ3) is 4.85. The molecule has 158 valence electrons. The minimum Gasteiger partial charge on any atom is -0.444 e. The fourth-order valence-corrected chi connectivity index (χ4v) is 2.88. The van der Waals surface area contributed by atoms with Gasteiger partial charge in [0.2, 0.25) is 11.7 Å². The van der Waals surface area contributed by atoms with Gasteiger partial charge in [0.1, 0.15) is 6.26 Å². The molecule has 0 aliphatic rings. The Morgan fingerprint density at radius 2 is 1.84 bits per heavy atom. The Bertz CT molecular complexity index is 1190. The highest BCUT2D eigenvalue weighted by atomic mass is 19.4. The smallest absolute Gasteiger partial charge is 0.444 e. The molecule has 0 fully saturated rings. The number of nitrogens with zero attached hydrogens (tertiary/aromatic N) is 4. The number of hydrogen-bond acceptors (Lipinski definition) is 7. The molecule has 0 spiro atoms. The van der Waals surface area contributed by atoms with Gasteiger partial charge in [0.15, 0.2) is 5.78 Å². The molecule has 4 aromatic rings. The van der Waals surface area contributed by atoms with Crippen LogP contribution in [-0.4, -0.2) is 25.9 Å². The van der Waals surface area contributed by atoms with Gasteiger partial charge in [0, 0.05) is 35.5 Å². The third-order valence-electron chi connectivity index (χ3n) is 4.40. The summed E-state index contributed by atoms with van der Waals surface area (Å²) < 4.78 is 47.6. The monoisotopic (exact) mass is 428 g/mol. The van der Waals surface area contributed by atoms with Crippen LogP contribution >= 0.6 is 0 Å². The van der Waals surface area contributed by atoms with E-state index in [9.17, 15) is 18.0 Å². The molecular formula is C21H15F3N4O3. The number of ketones is 1. The second-order valence-electron chi connectivity index (χ2n) is 6.67. The molecule has 0 aliphatic carbocycles. The molecule has 3 aromatic heterocycles. The molecule has 3 heterocycles. The van der Waals surface area contributed by atoms with Crippen molar-refractivity contribution in [2.45, 2.75) is 25.4 Å². The van der Waals surface area contributed by atoms with Crippen LogP contribution < -0.4 is 0 Å². The lowest BCUT2D eigenvalue weighted by Gasteiger charge is -2.02.